The highest BCUT2D eigenvalue weighted by molar-refractivity contribution is 7.32. The lowest BCUT2D eigenvalue weighted by Crippen LogP contribution is -2.24. The fraction of sp³-hybridized carbons (Fsp3) is 0.545. The molecule has 3 heterocycles. The van der Waals surface area contributed by atoms with Crippen molar-refractivity contribution in [1.29, 1.82) is 0 Å². The lowest BCUT2D eigenvalue weighted by Gasteiger charge is -2.13. The molecule has 5 N–H and O–H groups in total. The zero-order chi connectivity index (χ0) is 17.0. The number of ether oxygens (including phenoxy) is 1. The number of hydrogen-bond acceptors (Lipinski definition) is 9. The zero-order valence-corrected chi connectivity index (χ0v) is 13.1. The van der Waals surface area contributed by atoms with Gasteiger partial charge in [-0.1, -0.05) is 0 Å². The fourth-order valence-electron chi connectivity index (χ4n) is 2.13. The van der Waals surface area contributed by atoms with Gasteiger partial charge in [-0.2, -0.15) is 0 Å². The number of aliphatic hydroxyl groups excluding tert-OH is 2. The molecule has 1 saturated heterocycles. The van der Waals surface area contributed by atoms with Crippen molar-refractivity contribution in [2.75, 3.05) is 19.5 Å². The maximum Gasteiger partial charge on any atom is 0.694 e. The molecule has 0 radical (unpaired) electrons. The van der Waals surface area contributed by atoms with Gasteiger partial charge in [0, 0.05) is 11.0 Å². The van der Waals surface area contributed by atoms with E-state index < -0.39 is 26.7 Å². The van der Waals surface area contributed by atoms with Crippen LogP contribution in [0.2, 0.25) is 0 Å². The van der Waals surface area contributed by atoms with Crippen molar-refractivity contribution in [3.05, 3.63) is 12.7 Å². The smallest absolute Gasteiger partial charge is 0.394 e. The Morgan fingerprint density at radius 3 is 2.78 bits per heavy atom. The Hall–Kier alpha value is -1.75. The maximum absolute atomic E-state index is 9.71. The monoisotopic (exact) mass is 346 g/mol. The minimum absolute atomic E-state index is 0.221. The highest BCUT2D eigenvalue weighted by atomic mass is 31.1. The first-order valence-corrected chi connectivity index (χ1v) is 7.68. The number of nitrogens with two attached hydrogens (primary N) is 1. The number of rotatable bonds is 3. The topological polar surface area (TPSA) is 166 Å². The van der Waals surface area contributed by atoms with Crippen LogP contribution in [0.3, 0.4) is 0 Å². The highest BCUT2D eigenvalue weighted by Gasteiger charge is 2.35. The third-order valence-electron chi connectivity index (χ3n) is 3.24. The Morgan fingerprint density at radius 2 is 2.22 bits per heavy atom. The number of aromatic nitrogens is 4. The second-order valence-electron chi connectivity index (χ2n) is 4.62. The van der Waals surface area contributed by atoms with Crippen LogP contribution in [0.1, 0.15) is 12.6 Å². The van der Waals surface area contributed by atoms with Gasteiger partial charge in [-0.15, -0.1) is 9.42 Å². The minimum Gasteiger partial charge on any atom is -0.394 e. The van der Waals surface area contributed by atoms with E-state index >= 15 is 0 Å². The summed E-state index contributed by atoms with van der Waals surface area (Å²) in [7, 11) is -1.18. The molecule has 0 aromatic carbocycles. The predicted molar refractivity (Wildman–Crippen MR) is 78.2 cm³/mol. The molecule has 4 atom stereocenters. The first kappa shape index (κ1) is 17.6. The van der Waals surface area contributed by atoms with Gasteiger partial charge < -0.3 is 20.7 Å². The second-order valence-corrected chi connectivity index (χ2v) is 5.46. The van der Waals surface area contributed by atoms with Gasteiger partial charge in [-0.25, -0.2) is 15.0 Å². The summed E-state index contributed by atoms with van der Waals surface area (Å²) < 4.78 is 20.3. The number of fused-ring (bicyclic) bond motifs is 1. The molecule has 0 spiro atoms. The van der Waals surface area contributed by atoms with E-state index in [1.54, 1.807) is 10.9 Å². The van der Waals surface area contributed by atoms with Gasteiger partial charge in [0.25, 0.3) is 0 Å². The number of aliphatic hydroxyl groups is 2. The Morgan fingerprint density at radius 1 is 1.52 bits per heavy atom. The van der Waals surface area contributed by atoms with Gasteiger partial charge in [0.15, 0.2) is 11.5 Å². The molecular weight excluding hydrogens is 329 g/mol. The highest BCUT2D eigenvalue weighted by Crippen LogP contribution is 2.30. The molecule has 0 bridgehead atoms. The summed E-state index contributed by atoms with van der Waals surface area (Å²) in [5.74, 6) is 0.302. The van der Waals surface area contributed by atoms with Crippen molar-refractivity contribution in [3.8, 4) is 0 Å². The van der Waals surface area contributed by atoms with Crippen molar-refractivity contribution in [1.82, 2.24) is 19.5 Å². The summed E-state index contributed by atoms with van der Waals surface area (Å²) in [6.07, 6.45) is 1.60. The molecule has 0 aliphatic carbocycles. The lowest BCUT2D eigenvalue weighted by atomic mass is 10.2. The van der Waals surface area contributed by atoms with Gasteiger partial charge in [-0.3, -0.25) is 4.57 Å². The van der Waals surface area contributed by atoms with Gasteiger partial charge in [0.05, 0.1) is 26.1 Å². The first-order chi connectivity index (χ1) is 11.0. The van der Waals surface area contributed by atoms with E-state index in [9.17, 15) is 9.67 Å². The van der Waals surface area contributed by atoms with Crippen LogP contribution < -0.4 is 5.73 Å². The van der Waals surface area contributed by atoms with Crippen LogP contribution in [0, 0.1) is 0 Å². The van der Waals surface area contributed by atoms with Crippen molar-refractivity contribution in [2.24, 2.45) is 0 Å². The van der Waals surface area contributed by atoms with E-state index in [2.05, 4.69) is 19.5 Å². The van der Waals surface area contributed by atoms with Crippen molar-refractivity contribution < 1.29 is 28.9 Å². The summed E-state index contributed by atoms with van der Waals surface area (Å²) in [5, 5.41) is 18.8. The fourth-order valence-corrected chi connectivity index (χ4v) is 2.13. The largest absolute Gasteiger partial charge is 0.694 e. The van der Waals surface area contributed by atoms with Crippen molar-refractivity contribution in [3.63, 3.8) is 0 Å². The molecule has 2 aromatic rings. The first-order valence-electron chi connectivity index (χ1n) is 6.55. The Bertz CT molecular complexity index is 682. The van der Waals surface area contributed by atoms with Gasteiger partial charge in [-0.05, 0) is 0 Å². The molecule has 1 unspecified atom stereocenters. The number of nitrogen functional groups attached to an aromatic ring is 1. The van der Waals surface area contributed by atoms with Crippen LogP contribution in [0.5, 0.6) is 0 Å². The molecular formula is C11H17N5O6P+. The predicted octanol–water partition coefficient (Wildman–Crippen LogP) is -0.668. The molecule has 1 fully saturated rings. The summed E-state index contributed by atoms with van der Waals surface area (Å²) >= 11 is 0. The molecule has 126 valence electrons. The van der Waals surface area contributed by atoms with Crippen LogP contribution >= 0.6 is 8.25 Å². The molecule has 0 saturated carbocycles. The van der Waals surface area contributed by atoms with Gasteiger partial charge in [0.1, 0.15) is 24.2 Å². The van der Waals surface area contributed by atoms with Crippen molar-refractivity contribution in [2.45, 2.75) is 24.9 Å². The lowest BCUT2D eigenvalue weighted by molar-refractivity contribution is -0.0432. The Labute approximate surface area is 131 Å². The molecule has 11 nitrogen and oxygen atoms in total. The molecule has 3 rings (SSSR count). The summed E-state index contributed by atoms with van der Waals surface area (Å²) in [5.41, 5.74) is 6.75. The zero-order valence-electron chi connectivity index (χ0n) is 12.2. The van der Waals surface area contributed by atoms with E-state index in [0.29, 0.717) is 23.4 Å². The molecule has 1 aliphatic heterocycles. The van der Waals surface area contributed by atoms with Gasteiger partial charge in [0.2, 0.25) is 0 Å². The van der Waals surface area contributed by atoms with Crippen LogP contribution in [0.25, 0.3) is 11.2 Å². The number of nitrogens with zero attached hydrogens (tertiary/aromatic N) is 4. The average Bonchev–Trinajstić information content (AvgIpc) is 3.11. The number of hydrogen-bond donors (Lipinski definition) is 4. The number of anilines is 1. The van der Waals surface area contributed by atoms with E-state index in [1.807, 2.05) is 0 Å². The Balaban J connectivity index is 0.000000338. The Kier molecular flexibility index (Phi) is 5.88. The third kappa shape index (κ3) is 3.96. The second kappa shape index (κ2) is 7.68. The van der Waals surface area contributed by atoms with Crippen LogP contribution in [-0.2, 0) is 13.8 Å². The molecule has 23 heavy (non-hydrogen) atoms. The standard InChI is InChI=1S/C10H13N5O3.CH3O3P/c11-9-8-10(13-3-12-9)15(4-14-8)7-1-5(17)6(2-16)18-7;1-4-5(2)3/h3-7,16-17H,1-2H2,(H2,11,12,13);1H3/p+1/t5-,6+,7+;/m0./s1. The third-order valence-corrected chi connectivity index (χ3v) is 3.55. The minimum atomic E-state index is -2.35. The molecule has 2 aromatic heterocycles. The maximum atomic E-state index is 9.71. The van der Waals surface area contributed by atoms with E-state index in [1.165, 1.54) is 13.4 Å². The summed E-state index contributed by atoms with van der Waals surface area (Å²) in [6.45, 7) is -0.221. The van der Waals surface area contributed by atoms with Gasteiger partial charge >= 0.3 is 8.25 Å². The van der Waals surface area contributed by atoms with Crippen LogP contribution in [0.4, 0.5) is 5.82 Å². The SMILES string of the molecule is CO[P+](=O)O.Nc1ncnc2c1ncn2[C@H]1C[C@H](O)[C@@H](CO)O1. The van der Waals surface area contributed by atoms with E-state index in [4.69, 9.17) is 20.5 Å². The van der Waals surface area contributed by atoms with Crippen LogP contribution in [0.15, 0.2) is 12.7 Å². The van der Waals surface area contributed by atoms with E-state index in [0.717, 1.165) is 0 Å². The average molecular weight is 346 g/mol. The molecule has 12 heteroatoms. The quantitative estimate of drug-likeness (QED) is 0.523. The summed E-state index contributed by atoms with van der Waals surface area (Å²) in [6, 6.07) is 0. The van der Waals surface area contributed by atoms with E-state index in [-0.39, 0.29) is 6.61 Å². The summed E-state index contributed by atoms with van der Waals surface area (Å²) in [4.78, 5) is 19.7. The van der Waals surface area contributed by atoms with Crippen molar-refractivity contribution >= 4 is 25.2 Å². The van der Waals surface area contributed by atoms with Crippen LogP contribution in [-0.4, -0.2) is 60.6 Å². The molecule has 0 amide bonds. The normalized spacial score (nSPS) is 24.3. The number of imidazole rings is 1. The molecule has 1 aliphatic rings.